The second-order valence-corrected chi connectivity index (χ2v) is 10.3. The number of nitrogens with zero attached hydrogens (tertiary/aromatic N) is 5. The van der Waals surface area contributed by atoms with Crippen LogP contribution in [0, 0.1) is 5.92 Å². The van der Waals surface area contributed by atoms with Gasteiger partial charge in [0.25, 0.3) is 0 Å². The Balaban J connectivity index is 1.16. The first kappa shape index (κ1) is 24.7. The first-order valence-electron chi connectivity index (χ1n) is 13.4. The number of ether oxygens (including phenoxy) is 1. The van der Waals surface area contributed by atoms with Crippen LogP contribution in [0.1, 0.15) is 55.5 Å². The molecule has 36 heavy (non-hydrogen) atoms. The van der Waals surface area contributed by atoms with E-state index in [-0.39, 0.29) is 18.0 Å². The maximum absolute atomic E-state index is 13.3. The molecule has 1 saturated heterocycles. The van der Waals surface area contributed by atoms with Gasteiger partial charge in [-0.1, -0.05) is 30.3 Å². The maximum Gasteiger partial charge on any atom is 0.326 e. The average Bonchev–Trinajstić information content (AvgIpc) is 3.19. The summed E-state index contributed by atoms with van der Waals surface area (Å²) in [7, 11) is 1.44. The summed E-state index contributed by atoms with van der Waals surface area (Å²) in [4.78, 5) is 40.8. The molecule has 2 fully saturated rings. The van der Waals surface area contributed by atoms with Crippen LogP contribution in [0.5, 0.6) is 0 Å². The van der Waals surface area contributed by atoms with E-state index in [9.17, 15) is 9.59 Å². The monoisotopic (exact) mass is 491 g/mol. The number of hydrogen-bond acceptors (Lipinski definition) is 6. The van der Waals surface area contributed by atoms with Gasteiger partial charge < -0.3 is 9.64 Å². The third-order valence-corrected chi connectivity index (χ3v) is 8.06. The van der Waals surface area contributed by atoms with Crippen LogP contribution in [0.4, 0.5) is 10.6 Å². The highest BCUT2D eigenvalue weighted by Crippen LogP contribution is 2.33. The number of esters is 1. The van der Waals surface area contributed by atoms with Gasteiger partial charge in [-0.2, -0.15) is 0 Å². The van der Waals surface area contributed by atoms with Crippen molar-refractivity contribution in [1.82, 2.24) is 19.8 Å². The number of rotatable bonds is 7. The molecule has 1 aliphatic carbocycles. The van der Waals surface area contributed by atoms with Gasteiger partial charge in [0.1, 0.15) is 0 Å². The minimum Gasteiger partial charge on any atom is -0.469 e. The highest BCUT2D eigenvalue weighted by Gasteiger charge is 2.37. The van der Waals surface area contributed by atoms with E-state index in [1.165, 1.54) is 12.7 Å². The fraction of sp³-hybridized carbons (Fsp3) is 0.571. The summed E-state index contributed by atoms with van der Waals surface area (Å²) in [5.74, 6) is 1.10. The van der Waals surface area contributed by atoms with Crippen LogP contribution in [-0.4, -0.2) is 71.1 Å². The predicted octanol–water partition coefficient (Wildman–Crippen LogP) is 3.83. The molecule has 0 bridgehead atoms. The van der Waals surface area contributed by atoms with Crippen molar-refractivity contribution >= 4 is 17.8 Å². The smallest absolute Gasteiger partial charge is 0.326 e. The number of benzene rings is 1. The molecule has 0 atom stereocenters. The van der Waals surface area contributed by atoms with Crippen LogP contribution in [-0.2, 0) is 28.9 Å². The van der Waals surface area contributed by atoms with Gasteiger partial charge in [-0.05, 0) is 43.6 Å². The van der Waals surface area contributed by atoms with E-state index in [0.29, 0.717) is 24.7 Å². The summed E-state index contributed by atoms with van der Waals surface area (Å²) < 4.78 is 4.77. The number of hydrogen-bond donors (Lipinski definition) is 0. The Morgan fingerprint density at radius 3 is 2.50 bits per heavy atom. The van der Waals surface area contributed by atoms with Gasteiger partial charge in [0.05, 0.1) is 24.7 Å². The molecular formula is C28H37N5O3. The fourth-order valence-corrected chi connectivity index (χ4v) is 5.90. The quantitative estimate of drug-likeness (QED) is 0.548. The van der Waals surface area contributed by atoms with Gasteiger partial charge in [0, 0.05) is 58.0 Å². The molecule has 1 aromatic heterocycles. The van der Waals surface area contributed by atoms with Gasteiger partial charge in [0.2, 0.25) is 0 Å². The molecule has 2 aliphatic heterocycles. The lowest BCUT2D eigenvalue weighted by molar-refractivity contribution is -0.141. The topological polar surface area (TPSA) is 78.9 Å². The second kappa shape index (κ2) is 11.4. The van der Waals surface area contributed by atoms with Crippen molar-refractivity contribution in [2.45, 2.75) is 64.0 Å². The molecule has 0 N–H and O–H groups in total. The van der Waals surface area contributed by atoms with E-state index >= 15 is 0 Å². The summed E-state index contributed by atoms with van der Waals surface area (Å²) >= 11 is 0. The van der Waals surface area contributed by atoms with Crippen molar-refractivity contribution in [2.24, 2.45) is 5.92 Å². The summed E-state index contributed by atoms with van der Waals surface area (Å²) in [5.41, 5.74) is 3.41. The van der Waals surface area contributed by atoms with E-state index in [4.69, 9.17) is 14.7 Å². The largest absolute Gasteiger partial charge is 0.469 e. The van der Waals surface area contributed by atoms with E-state index in [0.717, 1.165) is 82.5 Å². The minimum atomic E-state index is -0.131. The van der Waals surface area contributed by atoms with Gasteiger partial charge in [-0.3, -0.25) is 19.6 Å². The standard InChI is InChI=1S/C28H37N5O3/c1-36-27(34)12-9-21-7-10-23(11-8-21)32-17-18-33(28(32)35)26-19-29-24-13-15-31(16-14-25(24)30-26)20-22-5-3-2-4-6-22/h2-6,19,21,23H,7-18,20H2,1H3. The lowest BCUT2D eigenvalue weighted by Gasteiger charge is -2.34. The summed E-state index contributed by atoms with van der Waals surface area (Å²) in [6, 6.07) is 10.9. The molecule has 1 saturated carbocycles. The molecule has 8 nitrogen and oxygen atoms in total. The number of carbonyl (C=O) groups is 2. The Morgan fingerprint density at radius 1 is 1.00 bits per heavy atom. The van der Waals surface area contributed by atoms with Crippen LogP contribution >= 0.6 is 0 Å². The molecule has 8 heteroatoms. The van der Waals surface area contributed by atoms with Crippen molar-refractivity contribution in [3.63, 3.8) is 0 Å². The van der Waals surface area contributed by atoms with Crippen LogP contribution in [0.15, 0.2) is 36.5 Å². The third-order valence-electron chi connectivity index (χ3n) is 8.06. The van der Waals surface area contributed by atoms with Crippen molar-refractivity contribution in [1.29, 1.82) is 0 Å². The maximum atomic E-state index is 13.3. The van der Waals surface area contributed by atoms with Crippen molar-refractivity contribution in [3.05, 3.63) is 53.5 Å². The van der Waals surface area contributed by atoms with Crippen molar-refractivity contribution in [3.8, 4) is 0 Å². The number of fused-ring (bicyclic) bond motifs is 1. The van der Waals surface area contributed by atoms with E-state index < -0.39 is 0 Å². The van der Waals surface area contributed by atoms with Crippen LogP contribution in [0.3, 0.4) is 0 Å². The molecule has 0 unspecified atom stereocenters. The highest BCUT2D eigenvalue weighted by atomic mass is 16.5. The van der Waals surface area contributed by atoms with Gasteiger partial charge in [-0.25, -0.2) is 9.78 Å². The number of methoxy groups -OCH3 is 1. The molecule has 0 spiro atoms. The van der Waals surface area contributed by atoms with Crippen LogP contribution < -0.4 is 4.90 Å². The van der Waals surface area contributed by atoms with Crippen molar-refractivity contribution < 1.29 is 14.3 Å². The summed E-state index contributed by atoms with van der Waals surface area (Å²) in [5, 5.41) is 0. The lowest BCUT2D eigenvalue weighted by atomic mass is 9.83. The summed E-state index contributed by atoms with van der Waals surface area (Å²) in [6.07, 6.45) is 9.01. The zero-order valence-electron chi connectivity index (χ0n) is 21.3. The van der Waals surface area contributed by atoms with Gasteiger partial charge in [-0.15, -0.1) is 0 Å². The number of amides is 2. The molecule has 2 amide bonds. The van der Waals surface area contributed by atoms with E-state index in [2.05, 4.69) is 35.2 Å². The lowest BCUT2D eigenvalue weighted by Crippen LogP contribution is -2.41. The molecule has 1 aromatic carbocycles. The molecule has 0 radical (unpaired) electrons. The van der Waals surface area contributed by atoms with Gasteiger partial charge in [0.15, 0.2) is 5.82 Å². The third kappa shape index (κ3) is 5.69. The van der Waals surface area contributed by atoms with Crippen LogP contribution in [0.25, 0.3) is 0 Å². The molecule has 2 aromatic rings. The Hall–Kier alpha value is -3.00. The predicted molar refractivity (Wildman–Crippen MR) is 138 cm³/mol. The first-order valence-corrected chi connectivity index (χ1v) is 13.4. The minimum absolute atomic E-state index is 0.0570. The Kier molecular flexibility index (Phi) is 7.80. The average molecular weight is 492 g/mol. The zero-order valence-corrected chi connectivity index (χ0v) is 21.3. The normalized spacial score (nSPS) is 22.9. The Bertz CT molecular complexity index is 1050. The molecule has 5 rings (SSSR count). The molecule has 3 aliphatic rings. The van der Waals surface area contributed by atoms with Crippen LogP contribution in [0.2, 0.25) is 0 Å². The van der Waals surface area contributed by atoms with Gasteiger partial charge >= 0.3 is 12.0 Å². The number of urea groups is 1. The molecular weight excluding hydrogens is 454 g/mol. The van der Waals surface area contributed by atoms with Crippen molar-refractivity contribution in [2.75, 3.05) is 38.2 Å². The van der Waals surface area contributed by atoms with E-state index in [1.807, 2.05) is 9.80 Å². The highest BCUT2D eigenvalue weighted by molar-refractivity contribution is 5.93. The molecule has 3 heterocycles. The fourth-order valence-electron chi connectivity index (χ4n) is 5.90. The Morgan fingerprint density at radius 2 is 1.75 bits per heavy atom. The van der Waals surface area contributed by atoms with E-state index in [1.54, 1.807) is 6.20 Å². The summed E-state index contributed by atoms with van der Waals surface area (Å²) in [6.45, 7) is 4.24. The molecule has 192 valence electrons. The second-order valence-electron chi connectivity index (χ2n) is 10.3. The SMILES string of the molecule is COC(=O)CCC1CCC(N2CCN(c3cnc4c(n3)CCN(Cc3ccccc3)CC4)C2=O)CC1. The first-order chi connectivity index (χ1) is 17.6. The number of anilines is 1. The number of carbonyl (C=O) groups excluding carboxylic acids is 2. The zero-order chi connectivity index (χ0) is 24.9. The number of aromatic nitrogens is 2. The Labute approximate surface area is 213 Å².